The standard InChI is InChI=1S/C9H12N6O6/c16-13(17)10-6-2-4-1-5-3-7(6)11(14(18)19)9(5)12(8(4)10)15(20)21/h4-9H,1-3H2. The molecule has 6 bridgehead atoms. The van der Waals surface area contributed by atoms with Crippen molar-refractivity contribution in [2.45, 2.75) is 43.7 Å². The number of nitro groups is 3. The van der Waals surface area contributed by atoms with Crippen LogP contribution in [0.1, 0.15) is 19.3 Å². The van der Waals surface area contributed by atoms with Crippen LogP contribution in [0.15, 0.2) is 0 Å². The molecular weight excluding hydrogens is 288 g/mol. The maximum atomic E-state index is 11.4. The van der Waals surface area contributed by atoms with Crippen LogP contribution in [-0.4, -0.2) is 54.5 Å². The summed E-state index contributed by atoms with van der Waals surface area (Å²) in [5, 5.41) is 34.6. The van der Waals surface area contributed by atoms with Crippen LogP contribution >= 0.6 is 0 Å². The Morgan fingerprint density at radius 1 is 0.667 bits per heavy atom. The Kier molecular flexibility index (Phi) is 2.13. The SMILES string of the molecule is O=[N+]([O-])N1C2CC3CC4CC2N([N+](=O)[O-])C4N([N+](=O)[O-])C31. The summed E-state index contributed by atoms with van der Waals surface area (Å²) in [6.45, 7) is 0. The van der Waals surface area contributed by atoms with Crippen molar-refractivity contribution in [3.63, 3.8) is 0 Å². The van der Waals surface area contributed by atoms with E-state index in [0.29, 0.717) is 19.3 Å². The lowest BCUT2D eigenvalue weighted by Gasteiger charge is -2.38. The molecule has 6 atom stereocenters. The third kappa shape index (κ3) is 1.29. The van der Waals surface area contributed by atoms with Gasteiger partial charge in [0.15, 0.2) is 15.1 Å². The fourth-order valence-electron chi connectivity index (χ4n) is 4.86. The van der Waals surface area contributed by atoms with Crippen LogP contribution in [0.4, 0.5) is 0 Å². The molecule has 12 nitrogen and oxygen atoms in total. The maximum absolute atomic E-state index is 11.4. The average molecular weight is 300 g/mol. The zero-order chi connectivity index (χ0) is 15.0. The highest BCUT2D eigenvalue weighted by atomic mass is 16.7. The minimum Gasteiger partial charge on any atom is -0.235 e. The van der Waals surface area contributed by atoms with E-state index in [0.717, 1.165) is 15.0 Å². The molecule has 0 radical (unpaired) electrons. The minimum absolute atomic E-state index is 0.175. The summed E-state index contributed by atoms with van der Waals surface area (Å²) >= 11 is 0. The van der Waals surface area contributed by atoms with E-state index in [1.807, 2.05) is 0 Å². The fourth-order valence-corrected chi connectivity index (χ4v) is 4.86. The van der Waals surface area contributed by atoms with Gasteiger partial charge in [-0.3, -0.25) is 0 Å². The largest absolute Gasteiger partial charge is 0.235 e. The molecule has 0 amide bonds. The van der Waals surface area contributed by atoms with Gasteiger partial charge >= 0.3 is 0 Å². The van der Waals surface area contributed by atoms with E-state index in [1.54, 1.807) is 0 Å². The molecule has 4 aliphatic heterocycles. The number of hydrogen-bond donors (Lipinski definition) is 0. The quantitative estimate of drug-likeness (QED) is 0.489. The second-order valence-electron chi connectivity index (χ2n) is 6.04. The number of hydrogen-bond acceptors (Lipinski definition) is 6. The second-order valence-corrected chi connectivity index (χ2v) is 6.04. The molecule has 6 unspecified atom stereocenters. The summed E-state index contributed by atoms with van der Waals surface area (Å²) in [5.41, 5.74) is 0. The Bertz CT molecular complexity index is 517. The van der Waals surface area contributed by atoms with Gasteiger partial charge in [0.05, 0.1) is 0 Å². The van der Waals surface area contributed by atoms with Crippen LogP contribution in [0, 0.1) is 42.2 Å². The molecule has 21 heavy (non-hydrogen) atoms. The Balaban J connectivity index is 1.89. The first-order valence-corrected chi connectivity index (χ1v) is 6.69. The fraction of sp³-hybridized carbons (Fsp3) is 1.00. The molecule has 0 aromatic heterocycles. The zero-order valence-corrected chi connectivity index (χ0v) is 10.7. The maximum Gasteiger partial charge on any atom is 0.223 e. The Morgan fingerprint density at radius 2 is 1.05 bits per heavy atom. The molecule has 5 rings (SSSR count). The molecule has 4 saturated heterocycles. The van der Waals surface area contributed by atoms with Gasteiger partial charge in [0.25, 0.3) is 0 Å². The van der Waals surface area contributed by atoms with Crippen molar-refractivity contribution in [2.75, 3.05) is 0 Å². The molecule has 5 fully saturated rings. The van der Waals surface area contributed by atoms with Crippen molar-refractivity contribution in [3.05, 3.63) is 30.3 Å². The lowest BCUT2D eigenvalue weighted by molar-refractivity contribution is -0.753. The molecule has 0 aromatic carbocycles. The van der Waals surface area contributed by atoms with Crippen LogP contribution in [0.5, 0.6) is 0 Å². The van der Waals surface area contributed by atoms with Crippen molar-refractivity contribution in [1.82, 2.24) is 15.0 Å². The van der Waals surface area contributed by atoms with E-state index in [4.69, 9.17) is 0 Å². The van der Waals surface area contributed by atoms with Gasteiger partial charge in [-0.25, -0.2) is 30.3 Å². The van der Waals surface area contributed by atoms with E-state index in [1.165, 1.54) is 0 Å². The molecular formula is C9H12N6O6. The van der Waals surface area contributed by atoms with Gasteiger partial charge in [-0.1, -0.05) is 15.0 Å². The normalized spacial score (nSPS) is 42.6. The molecule has 0 N–H and O–H groups in total. The monoisotopic (exact) mass is 300 g/mol. The van der Waals surface area contributed by atoms with Crippen LogP contribution in [0.3, 0.4) is 0 Å². The predicted molar refractivity (Wildman–Crippen MR) is 62.5 cm³/mol. The smallest absolute Gasteiger partial charge is 0.223 e. The number of hydrazine groups is 3. The Morgan fingerprint density at radius 3 is 1.38 bits per heavy atom. The molecule has 12 heteroatoms. The highest BCUT2D eigenvalue weighted by Crippen LogP contribution is 2.55. The van der Waals surface area contributed by atoms with E-state index in [9.17, 15) is 30.3 Å². The van der Waals surface area contributed by atoms with Gasteiger partial charge in [-0.05, 0) is 19.3 Å². The number of rotatable bonds is 3. The highest BCUT2D eigenvalue weighted by molar-refractivity contribution is 5.09. The lowest BCUT2D eigenvalue weighted by atomic mass is 9.86. The van der Waals surface area contributed by atoms with E-state index in [-0.39, 0.29) is 11.8 Å². The molecule has 1 saturated carbocycles. The third-order valence-electron chi connectivity index (χ3n) is 5.31. The van der Waals surface area contributed by atoms with E-state index < -0.39 is 39.5 Å². The van der Waals surface area contributed by atoms with Crippen molar-refractivity contribution >= 4 is 0 Å². The zero-order valence-electron chi connectivity index (χ0n) is 10.7. The van der Waals surface area contributed by atoms with E-state index >= 15 is 0 Å². The average Bonchev–Trinajstić information content (AvgIpc) is 2.81. The van der Waals surface area contributed by atoms with Crippen molar-refractivity contribution in [1.29, 1.82) is 0 Å². The molecule has 5 aliphatic rings. The Hall–Kier alpha value is -2.40. The van der Waals surface area contributed by atoms with Crippen LogP contribution in [-0.2, 0) is 0 Å². The van der Waals surface area contributed by atoms with Crippen molar-refractivity contribution in [3.8, 4) is 0 Å². The summed E-state index contributed by atoms with van der Waals surface area (Å²) in [5.74, 6) is -0.350. The predicted octanol–water partition coefficient (Wildman–Crippen LogP) is -0.686. The topological polar surface area (TPSA) is 139 Å². The van der Waals surface area contributed by atoms with Crippen LogP contribution in [0.25, 0.3) is 0 Å². The molecule has 0 aromatic rings. The van der Waals surface area contributed by atoms with Gasteiger partial charge in [0.1, 0.15) is 12.1 Å². The molecule has 1 aliphatic carbocycles. The molecule has 0 spiro atoms. The van der Waals surface area contributed by atoms with Gasteiger partial charge < -0.3 is 0 Å². The summed E-state index contributed by atoms with van der Waals surface area (Å²) in [6.07, 6.45) is -0.618. The third-order valence-corrected chi connectivity index (χ3v) is 5.31. The highest BCUT2D eigenvalue weighted by Gasteiger charge is 2.74. The van der Waals surface area contributed by atoms with Gasteiger partial charge in [0.2, 0.25) is 12.3 Å². The van der Waals surface area contributed by atoms with Gasteiger partial charge in [-0.15, -0.1) is 0 Å². The van der Waals surface area contributed by atoms with Crippen molar-refractivity contribution in [2.24, 2.45) is 11.8 Å². The summed E-state index contributed by atoms with van der Waals surface area (Å²) in [7, 11) is 0. The van der Waals surface area contributed by atoms with Crippen LogP contribution in [0.2, 0.25) is 0 Å². The summed E-state index contributed by atoms with van der Waals surface area (Å²) in [4.78, 5) is 34.1. The lowest BCUT2D eigenvalue weighted by Crippen LogP contribution is -2.63. The van der Waals surface area contributed by atoms with Gasteiger partial charge in [-0.2, -0.15) is 0 Å². The summed E-state index contributed by atoms with van der Waals surface area (Å²) < 4.78 is 0. The van der Waals surface area contributed by atoms with Gasteiger partial charge in [0, 0.05) is 11.8 Å². The first kappa shape index (κ1) is 12.3. The minimum atomic E-state index is -0.992. The summed E-state index contributed by atoms with van der Waals surface area (Å²) in [6, 6.07) is -1.28. The molecule has 4 heterocycles. The van der Waals surface area contributed by atoms with E-state index in [2.05, 4.69) is 0 Å². The number of nitrogens with zero attached hydrogens (tertiary/aromatic N) is 6. The Labute approximate surface area is 117 Å². The molecule has 114 valence electrons. The van der Waals surface area contributed by atoms with Crippen molar-refractivity contribution < 1.29 is 15.1 Å². The first-order valence-electron chi connectivity index (χ1n) is 6.69. The second kappa shape index (κ2) is 3.62. The number of piperidine rings is 1. The first-order chi connectivity index (χ1) is 9.91. The van der Waals surface area contributed by atoms with Crippen LogP contribution < -0.4 is 0 Å².